The number of aromatic nitrogens is 1. The number of nitrogens with one attached hydrogen (secondary N) is 3. The Morgan fingerprint density at radius 1 is 0.571 bits per heavy atom. The largest absolute Gasteiger partial charge is 0.387 e. The monoisotopic (exact) mass is 632 g/mol. The van der Waals surface area contributed by atoms with E-state index in [0.717, 1.165) is 17.9 Å². The summed E-state index contributed by atoms with van der Waals surface area (Å²) in [6.45, 7) is 0.878. The summed E-state index contributed by atoms with van der Waals surface area (Å²) in [6, 6.07) is 54.7. The smallest absolute Gasteiger partial charge is 0.104 e. The Bertz CT molecular complexity index is 2360. The van der Waals surface area contributed by atoms with Crippen LogP contribution in [0, 0.1) is 0 Å². The average Bonchev–Trinajstić information content (AvgIpc) is 3.54. The summed E-state index contributed by atoms with van der Waals surface area (Å²) in [4.78, 5) is 0. The molecule has 0 amide bonds. The molecule has 236 valence electrons. The first kappa shape index (κ1) is 29.1. The van der Waals surface area contributed by atoms with E-state index >= 15 is 0 Å². The topological polar surface area (TPSA) is 41.0 Å². The molecule has 3 heterocycles. The van der Waals surface area contributed by atoms with E-state index in [4.69, 9.17) is 0 Å². The van der Waals surface area contributed by atoms with Crippen LogP contribution in [0.5, 0.6) is 0 Å². The molecular weight excluding hydrogens is 597 g/mol. The third kappa shape index (κ3) is 5.42. The van der Waals surface area contributed by atoms with Crippen LogP contribution < -0.4 is 16.0 Å². The molecule has 0 radical (unpaired) electrons. The standard InChI is InChI=1S/C45H36N4/c1-3-11-35(12-4-1)45-47-41(33-24-20-31(21-25-33)36-13-10-28-46-30-36)29-42(48-45)34-26-22-32(23-27-34)38-17-9-18-40-39-16-7-8-19-43(39)49(44(38)40)37-14-5-2-6-15-37/h1-27,29-30,42,45-48H,28H2. The van der Waals surface area contributed by atoms with Crippen LogP contribution in [-0.2, 0) is 0 Å². The summed E-state index contributed by atoms with van der Waals surface area (Å²) in [7, 11) is 0. The number of rotatable bonds is 6. The SMILES string of the molecule is C1=CC(c2ccc(C3=CC(c4ccc(-c5cccc6c7ccccc7n(-c7ccccc7)c56)cc4)NC(c4ccccc4)N3)cc2)=CNC1. The average molecular weight is 633 g/mol. The zero-order valence-electron chi connectivity index (χ0n) is 27.1. The molecule has 3 N–H and O–H groups in total. The molecule has 0 saturated carbocycles. The summed E-state index contributed by atoms with van der Waals surface area (Å²) < 4.78 is 2.41. The highest BCUT2D eigenvalue weighted by atomic mass is 15.2. The highest BCUT2D eigenvalue weighted by molar-refractivity contribution is 6.13. The van der Waals surface area contributed by atoms with Gasteiger partial charge < -0.3 is 15.2 Å². The van der Waals surface area contributed by atoms with Crippen LogP contribution in [-0.4, -0.2) is 11.1 Å². The van der Waals surface area contributed by atoms with E-state index in [1.165, 1.54) is 60.8 Å². The van der Waals surface area contributed by atoms with Gasteiger partial charge in [-0.2, -0.15) is 0 Å². The third-order valence-corrected chi connectivity index (χ3v) is 9.72. The number of allylic oxidation sites excluding steroid dienone is 2. The second-order valence-corrected chi connectivity index (χ2v) is 12.7. The molecule has 2 aliphatic heterocycles. The van der Waals surface area contributed by atoms with Crippen LogP contribution in [0.2, 0.25) is 0 Å². The van der Waals surface area contributed by atoms with Gasteiger partial charge in [0.1, 0.15) is 6.17 Å². The number of benzene rings is 6. The predicted molar refractivity (Wildman–Crippen MR) is 204 cm³/mol. The van der Waals surface area contributed by atoms with Gasteiger partial charge in [-0.25, -0.2) is 0 Å². The van der Waals surface area contributed by atoms with Crippen molar-refractivity contribution in [3.05, 3.63) is 198 Å². The Balaban J connectivity index is 1.10. The van der Waals surface area contributed by atoms with Crippen LogP contribution in [0.1, 0.15) is 34.5 Å². The van der Waals surface area contributed by atoms with Crippen LogP contribution in [0.15, 0.2) is 176 Å². The van der Waals surface area contributed by atoms with Gasteiger partial charge in [0.05, 0.1) is 17.1 Å². The van der Waals surface area contributed by atoms with Gasteiger partial charge in [0.2, 0.25) is 0 Å². The maximum Gasteiger partial charge on any atom is 0.104 e. The van der Waals surface area contributed by atoms with Gasteiger partial charge in [-0.3, -0.25) is 5.32 Å². The molecule has 2 unspecified atom stereocenters. The van der Waals surface area contributed by atoms with E-state index in [-0.39, 0.29) is 12.2 Å². The van der Waals surface area contributed by atoms with Crippen molar-refractivity contribution in [1.82, 2.24) is 20.5 Å². The lowest BCUT2D eigenvalue weighted by Crippen LogP contribution is -2.39. The Hall–Kier alpha value is -6.10. The molecule has 2 aliphatic rings. The van der Waals surface area contributed by atoms with E-state index in [1.807, 2.05) is 0 Å². The molecule has 4 nitrogen and oxygen atoms in total. The second-order valence-electron chi connectivity index (χ2n) is 12.7. The van der Waals surface area contributed by atoms with Crippen molar-refractivity contribution in [2.45, 2.75) is 12.2 Å². The van der Waals surface area contributed by atoms with Gasteiger partial charge in [-0.1, -0.05) is 146 Å². The Labute approximate surface area is 286 Å². The summed E-state index contributed by atoms with van der Waals surface area (Å²) in [5.74, 6) is 0. The minimum atomic E-state index is -0.0333. The van der Waals surface area contributed by atoms with Crippen LogP contribution in [0.3, 0.4) is 0 Å². The van der Waals surface area contributed by atoms with Gasteiger partial charge >= 0.3 is 0 Å². The number of fused-ring (bicyclic) bond motifs is 3. The van der Waals surface area contributed by atoms with Crippen molar-refractivity contribution in [3.63, 3.8) is 0 Å². The molecule has 0 fully saturated rings. The molecule has 1 aromatic heterocycles. The fourth-order valence-electron chi connectivity index (χ4n) is 7.30. The Morgan fingerprint density at radius 2 is 1.27 bits per heavy atom. The number of hydrogen-bond acceptors (Lipinski definition) is 3. The quantitative estimate of drug-likeness (QED) is 0.171. The van der Waals surface area contributed by atoms with E-state index in [1.54, 1.807) is 0 Å². The lowest BCUT2D eigenvalue weighted by atomic mass is 9.95. The van der Waals surface area contributed by atoms with E-state index in [0.29, 0.717) is 0 Å². The van der Waals surface area contributed by atoms with Crippen molar-refractivity contribution in [2.75, 3.05) is 6.54 Å². The van der Waals surface area contributed by atoms with E-state index in [9.17, 15) is 0 Å². The van der Waals surface area contributed by atoms with Gasteiger partial charge in [-0.15, -0.1) is 0 Å². The zero-order valence-corrected chi connectivity index (χ0v) is 27.1. The fourth-order valence-corrected chi connectivity index (χ4v) is 7.30. The van der Waals surface area contributed by atoms with Crippen LogP contribution in [0.4, 0.5) is 0 Å². The van der Waals surface area contributed by atoms with E-state index < -0.39 is 0 Å². The zero-order chi connectivity index (χ0) is 32.6. The molecule has 49 heavy (non-hydrogen) atoms. The molecule has 9 rings (SSSR count). The fraction of sp³-hybridized carbons (Fsp3) is 0.0667. The summed E-state index contributed by atoms with van der Waals surface area (Å²) in [5.41, 5.74) is 13.1. The number of dihydropyridines is 1. The van der Waals surface area contributed by atoms with Gasteiger partial charge in [0.25, 0.3) is 0 Å². The minimum Gasteiger partial charge on any atom is -0.387 e. The van der Waals surface area contributed by atoms with Crippen molar-refractivity contribution in [2.24, 2.45) is 0 Å². The Kier molecular flexibility index (Phi) is 7.41. The van der Waals surface area contributed by atoms with Gasteiger partial charge in [0, 0.05) is 40.5 Å². The maximum atomic E-state index is 3.87. The molecule has 7 aromatic rings. The first-order valence-electron chi connectivity index (χ1n) is 17.0. The first-order chi connectivity index (χ1) is 24.3. The van der Waals surface area contributed by atoms with Gasteiger partial charge in [0.15, 0.2) is 0 Å². The number of para-hydroxylation sites is 3. The van der Waals surface area contributed by atoms with Crippen molar-refractivity contribution >= 4 is 33.1 Å². The normalized spacial score (nSPS) is 17.3. The molecule has 0 aliphatic carbocycles. The Morgan fingerprint density at radius 3 is 2.04 bits per heavy atom. The van der Waals surface area contributed by atoms with Crippen molar-refractivity contribution < 1.29 is 0 Å². The molecule has 0 saturated heterocycles. The molecule has 0 bridgehead atoms. The highest BCUT2D eigenvalue weighted by Gasteiger charge is 2.24. The molecule has 2 atom stereocenters. The summed E-state index contributed by atoms with van der Waals surface area (Å²) in [6.07, 6.45) is 8.71. The molecule has 0 spiro atoms. The number of hydrogen-bond donors (Lipinski definition) is 3. The van der Waals surface area contributed by atoms with Crippen LogP contribution >= 0.6 is 0 Å². The lowest BCUT2D eigenvalue weighted by molar-refractivity contribution is 0.442. The van der Waals surface area contributed by atoms with Crippen LogP contribution in [0.25, 0.3) is 49.9 Å². The highest BCUT2D eigenvalue weighted by Crippen LogP contribution is 2.39. The van der Waals surface area contributed by atoms with Gasteiger partial charge in [-0.05, 0) is 57.7 Å². The lowest BCUT2D eigenvalue weighted by Gasteiger charge is -2.33. The third-order valence-electron chi connectivity index (χ3n) is 9.72. The second kappa shape index (κ2) is 12.5. The van der Waals surface area contributed by atoms with Crippen molar-refractivity contribution in [1.29, 1.82) is 0 Å². The summed E-state index contributed by atoms with van der Waals surface area (Å²) in [5, 5.41) is 13.5. The summed E-state index contributed by atoms with van der Waals surface area (Å²) >= 11 is 0. The van der Waals surface area contributed by atoms with Crippen molar-refractivity contribution in [3.8, 4) is 16.8 Å². The maximum absolute atomic E-state index is 3.87. The first-order valence-corrected chi connectivity index (χ1v) is 17.0. The molecular formula is C45H36N4. The minimum absolute atomic E-state index is 0.0231. The van der Waals surface area contributed by atoms with E-state index in [2.05, 4.69) is 197 Å². The number of nitrogens with zero attached hydrogens (tertiary/aromatic N) is 1. The molecule has 4 heteroatoms. The molecule has 6 aromatic carbocycles. The predicted octanol–water partition coefficient (Wildman–Crippen LogP) is 9.92.